The first-order valence-corrected chi connectivity index (χ1v) is 7.91. The van der Waals surface area contributed by atoms with Crippen molar-refractivity contribution in [1.29, 1.82) is 0 Å². The molecule has 0 saturated heterocycles. The van der Waals surface area contributed by atoms with E-state index in [-0.39, 0.29) is 0 Å². The van der Waals surface area contributed by atoms with E-state index in [0.29, 0.717) is 6.10 Å². The van der Waals surface area contributed by atoms with Crippen LogP contribution in [0.3, 0.4) is 0 Å². The van der Waals surface area contributed by atoms with Crippen LogP contribution in [0, 0.1) is 0 Å². The van der Waals surface area contributed by atoms with E-state index in [4.69, 9.17) is 4.43 Å². The molecule has 0 saturated carbocycles. The van der Waals surface area contributed by atoms with Crippen molar-refractivity contribution in [2.45, 2.75) is 45.6 Å². The Morgan fingerprint density at radius 2 is 1.76 bits per heavy atom. The average molecular weight is 248 g/mol. The van der Waals surface area contributed by atoms with Crippen molar-refractivity contribution in [2.75, 3.05) is 0 Å². The van der Waals surface area contributed by atoms with Crippen LogP contribution >= 0.6 is 0 Å². The van der Waals surface area contributed by atoms with Crippen LogP contribution in [0.15, 0.2) is 30.8 Å². The molecule has 17 heavy (non-hydrogen) atoms. The van der Waals surface area contributed by atoms with Gasteiger partial charge in [-0.05, 0) is 23.6 Å². The predicted molar refractivity (Wildman–Crippen MR) is 79.4 cm³/mol. The molecule has 94 valence electrons. The van der Waals surface area contributed by atoms with Crippen LogP contribution in [0.1, 0.15) is 45.1 Å². The minimum atomic E-state index is -0.557. The molecule has 1 aromatic carbocycles. The van der Waals surface area contributed by atoms with E-state index < -0.39 is 9.76 Å². The van der Waals surface area contributed by atoms with Crippen molar-refractivity contribution >= 4 is 21.0 Å². The first-order valence-electron chi connectivity index (χ1n) is 6.63. The zero-order valence-corrected chi connectivity index (χ0v) is 12.5. The molecule has 0 unspecified atom stereocenters. The molecular weight excluding hydrogens is 224 g/mol. The van der Waals surface area contributed by atoms with E-state index >= 15 is 0 Å². The third-order valence-electron chi connectivity index (χ3n) is 2.92. The normalized spacial score (nSPS) is 11.5. The second-order valence-corrected chi connectivity index (χ2v) is 5.89. The largest absolute Gasteiger partial charge is 0.416 e. The Morgan fingerprint density at radius 3 is 2.24 bits per heavy atom. The molecule has 0 radical (unpaired) electrons. The first-order chi connectivity index (χ1) is 8.30. The molecule has 0 bridgehead atoms. The summed E-state index contributed by atoms with van der Waals surface area (Å²) >= 11 is 0. The summed E-state index contributed by atoms with van der Waals surface area (Å²) < 4.78 is 6.10. The van der Waals surface area contributed by atoms with Gasteiger partial charge in [-0.2, -0.15) is 0 Å². The minimum absolute atomic E-state index is 0.482. The van der Waals surface area contributed by atoms with Gasteiger partial charge < -0.3 is 4.43 Å². The smallest absolute Gasteiger partial charge is 0.192 e. The number of benzene rings is 1. The van der Waals surface area contributed by atoms with Crippen LogP contribution in [0.5, 0.6) is 0 Å². The van der Waals surface area contributed by atoms with E-state index in [0.717, 1.165) is 0 Å². The van der Waals surface area contributed by atoms with Crippen LogP contribution in [-0.4, -0.2) is 15.9 Å². The van der Waals surface area contributed by atoms with Crippen molar-refractivity contribution in [3.8, 4) is 0 Å². The number of rotatable bonds is 8. The summed E-state index contributed by atoms with van der Waals surface area (Å²) in [5.74, 6) is 0. The lowest BCUT2D eigenvalue weighted by molar-refractivity contribution is 0.191. The lowest BCUT2D eigenvalue weighted by Gasteiger charge is -2.16. The van der Waals surface area contributed by atoms with Crippen LogP contribution in [0.4, 0.5) is 0 Å². The zero-order valence-electron chi connectivity index (χ0n) is 11.1. The molecule has 0 spiro atoms. The van der Waals surface area contributed by atoms with Gasteiger partial charge in [-0.3, -0.25) is 0 Å². The molecule has 0 heterocycles. The predicted octanol–water partition coefficient (Wildman–Crippen LogP) is 3.02. The Balaban J connectivity index is 2.43. The maximum absolute atomic E-state index is 6.10. The second kappa shape index (κ2) is 8.26. The van der Waals surface area contributed by atoms with Crippen LogP contribution < -0.4 is 5.19 Å². The minimum Gasteiger partial charge on any atom is -0.416 e. The van der Waals surface area contributed by atoms with E-state index in [9.17, 15) is 0 Å². The lowest BCUT2D eigenvalue weighted by Crippen LogP contribution is -2.24. The highest BCUT2D eigenvalue weighted by Crippen LogP contribution is 2.08. The average Bonchev–Trinajstić information content (AvgIpc) is 2.37. The molecule has 1 nitrogen and oxygen atoms in total. The molecule has 0 aliphatic heterocycles. The Bertz CT molecular complexity index is 312. The molecule has 0 N–H and O–H groups in total. The van der Waals surface area contributed by atoms with Gasteiger partial charge in [0, 0.05) is 6.10 Å². The Morgan fingerprint density at radius 1 is 1.18 bits per heavy atom. The maximum Gasteiger partial charge on any atom is 0.192 e. The molecule has 1 aromatic rings. The van der Waals surface area contributed by atoms with Crippen molar-refractivity contribution in [2.24, 2.45) is 0 Å². The van der Waals surface area contributed by atoms with Crippen LogP contribution in [-0.2, 0) is 4.43 Å². The van der Waals surface area contributed by atoms with Crippen molar-refractivity contribution in [3.63, 3.8) is 0 Å². The topological polar surface area (TPSA) is 9.23 Å². The summed E-state index contributed by atoms with van der Waals surface area (Å²) in [6, 6.07) is 8.59. The summed E-state index contributed by atoms with van der Waals surface area (Å²) in [7, 11) is -0.557. The fraction of sp³-hybridized carbons (Fsp3) is 0.467. The Kier molecular flexibility index (Phi) is 6.90. The summed E-state index contributed by atoms with van der Waals surface area (Å²) in [4.78, 5) is 0. The van der Waals surface area contributed by atoms with Crippen molar-refractivity contribution < 1.29 is 4.43 Å². The number of hydrogen-bond donors (Lipinski definition) is 0. The quantitative estimate of drug-likeness (QED) is 0.643. The van der Waals surface area contributed by atoms with Gasteiger partial charge in [0.25, 0.3) is 0 Å². The van der Waals surface area contributed by atoms with Gasteiger partial charge in [-0.15, -0.1) is 0 Å². The molecule has 0 amide bonds. The molecule has 1 rings (SSSR count). The SMILES string of the molecule is C=Cc1ccc([SiH2]OC(CCC)CCC)cc1. The fourth-order valence-corrected chi connectivity index (χ4v) is 3.11. The molecule has 0 aromatic heterocycles. The van der Waals surface area contributed by atoms with Crippen LogP contribution in [0.2, 0.25) is 0 Å². The maximum atomic E-state index is 6.10. The van der Waals surface area contributed by atoms with E-state index in [1.165, 1.54) is 36.4 Å². The van der Waals surface area contributed by atoms with Gasteiger partial charge in [0.1, 0.15) is 0 Å². The molecule has 2 heteroatoms. The third kappa shape index (κ3) is 5.33. The summed E-state index contributed by atoms with van der Waals surface area (Å²) in [5, 5.41) is 1.38. The van der Waals surface area contributed by atoms with Gasteiger partial charge >= 0.3 is 0 Å². The van der Waals surface area contributed by atoms with E-state index in [1.807, 2.05) is 6.08 Å². The van der Waals surface area contributed by atoms with Crippen molar-refractivity contribution in [3.05, 3.63) is 36.4 Å². The molecular formula is C15H24OSi. The van der Waals surface area contributed by atoms with Gasteiger partial charge in [0.05, 0.1) is 0 Å². The standard InChI is InChI=1S/C15H24OSi/c1-4-7-14(8-5-2)16-17-15-11-9-13(6-3)10-12-15/h6,9-12,14H,3-5,7-8,17H2,1-2H3. The molecule has 0 fully saturated rings. The summed E-state index contributed by atoms with van der Waals surface area (Å²) in [5.41, 5.74) is 1.18. The number of hydrogen-bond acceptors (Lipinski definition) is 1. The molecule has 0 aliphatic rings. The zero-order chi connectivity index (χ0) is 12.5. The highest BCUT2D eigenvalue weighted by molar-refractivity contribution is 6.46. The Labute approximate surface area is 108 Å². The van der Waals surface area contributed by atoms with Gasteiger partial charge in [-0.1, -0.05) is 63.6 Å². The van der Waals surface area contributed by atoms with Crippen LogP contribution in [0.25, 0.3) is 6.08 Å². The lowest BCUT2D eigenvalue weighted by atomic mass is 10.1. The van der Waals surface area contributed by atoms with Crippen molar-refractivity contribution in [1.82, 2.24) is 0 Å². The fourth-order valence-electron chi connectivity index (χ4n) is 1.92. The monoisotopic (exact) mass is 248 g/mol. The van der Waals surface area contributed by atoms with Gasteiger partial charge in [0.2, 0.25) is 0 Å². The highest BCUT2D eigenvalue weighted by Gasteiger charge is 2.06. The second-order valence-electron chi connectivity index (χ2n) is 4.46. The van der Waals surface area contributed by atoms with Gasteiger partial charge in [-0.25, -0.2) is 0 Å². The van der Waals surface area contributed by atoms with E-state index in [2.05, 4.69) is 44.7 Å². The molecule has 0 atom stereocenters. The van der Waals surface area contributed by atoms with Gasteiger partial charge in [0.15, 0.2) is 9.76 Å². The highest BCUT2D eigenvalue weighted by atomic mass is 28.2. The Hall–Kier alpha value is -0.863. The molecule has 0 aliphatic carbocycles. The first kappa shape index (κ1) is 14.2. The van der Waals surface area contributed by atoms with E-state index in [1.54, 1.807) is 0 Å². The summed E-state index contributed by atoms with van der Waals surface area (Å²) in [6.07, 6.45) is 7.19. The summed E-state index contributed by atoms with van der Waals surface area (Å²) in [6.45, 7) is 8.22. The third-order valence-corrected chi connectivity index (χ3v) is 4.37.